The highest BCUT2D eigenvalue weighted by Crippen LogP contribution is 2.19. The average molecular weight is 272 g/mol. The van der Waals surface area contributed by atoms with Crippen molar-refractivity contribution in [2.75, 3.05) is 13.2 Å². The lowest BCUT2D eigenvalue weighted by atomic mass is 9.80. The van der Waals surface area contributed by atoms with Gasteiger partial charge < -0.3 is 22.5 Å². The van der Waals surface area contributed by atoms with Gasteiger partial charge in [0.2, 0.25) is 0 Å². The minimum atomic E-state index is -5.51. The zero-order chi connectivity index (χ0) is 14.3. The molecule has 0 aliphatic carbocycles. The van der Waals surface area contributed by atoms with Crippen LogP contribution in [0.1, 0.15) is 16.8 Å². The maximum absolute atomic E-state index is 12.2. The number of benzene rings is 1. The van der Waals surface area contributed by atoms with Crippen LogP contribution in [0.5, 0.6) is 5.75 Å². The average Bonchev–Trinajstić information content (AvgIpc) is 2.37. The van der Waals surface area contributed by atoms with Gasteiger partial charge in [0.05, 0.1) is 6.61 Å². The zero-order valence-corrected chi connectivity index (χ0v) is 9.80. The van der Waals surface area contributed by atoms with Crippen LogP contribution >= 0.6 is 0 Å². The summed E-state index contributed by atoms with van der Waals surface area (Å²) in [6.07, 6.45) is 0.496. The summed E-state index contributed by atoms with van der Waals surface area (Å²) in [6.45, 7) is -4.96. The first-order chi connectivity index (χ1) is 8.95. The maximum Gasteiger partial charge on any atom is 0.549 e. The van der Waals surface area contributed by atoms with Gasteiger partial charge in [-0.25, -0.2) is 0 Å². The van der Waals surface area contributed by atoms with Crippen molar-refractivity contribution in [1.82, 2.24) is 0 Å². The van der Waals surface area contributed by atoms with E-state index < -0.39 is 18.2 Å². The Bertz CT molecular complexity index is 484. The number of carbonyl (C=O) groups is 1. The molecule has 0 aliphatic rings. The van der Waals surface area contributed by atoms with E-state index in [4.69, 9.17) is 10.3 Å². The summed E-state index contributed by atoms with van der Waals surface area (Å²) in [5.74, 6) is 0.354. The van der Waals surface area contributed by atoms with Gasteiger partial charge in [-0.1, -0.05) is 17.2 Å². The van der Waals surface area contributed by atoms with Gasteiger partial charge in [0.1, 0.15) is 11.4 Å². The summed E-state index contributed by atoms with van der Waals surface area (Å²) in [7, 11) is 0. The lowest BCUT2D eigenvalue weighted by Crippen LogP contribution is -2.29. The molecule has 1 rings (SSSR count). The molecular weight excluding hydrogens is 262 g/mol. The SMILES string of the molecule is [N-]=[N+]=NCCCOc1ccc(C(=O)[B-](F)(F)F)cc1. The van der Waals surface area contributed by atoms with E-state index in [2.05, 4.69) is 10.0 Å². The first-order valence-electron chi connectivity index (χ1n) is 5.43. The maximum atomic E-state index is 12.2. The van der Waals surface area contributed by atoms with E-state index in [1.54, 1.807) is 0 Å². The third-order valence-electron chi connectivity index (χ3n) is 2.17. The minimum absolute atomic E-state index is 0.273. The van der Waals surface area contributed by atoms with Crippen LogP contribution in [-0.2, 0) is 0 Å². The summed E-state index contributed by atoms with van der Waals surface area (Å²) in [6, 6.07) is 4.73. The third kappa shape index (κ3) is 4.93. The Morgan fingerprint density at radius 1 is 1.32 bits per heavy atom. The first kappa shape index (κ1) is 14.9. The summed E-state index contributed by atoms with van der Waals surface area (Å²) < 4.78 is 41.8. The molecule has 5 nitrogen and oxygen atoms in total. The van der Waals surface area contributed by atoms with Crippen molar-refractivity contribution in [1.29, 1.82) is 0 Å². The number of azide groups is 1. The van der Waals surface area contributed by atoms with Gasteiger partial charge in [-0.15, -0.1) is 0 Å². The Labute approximate surface area is 107 Å². The number of nitrogens with zero attached hydrogens (tertiary/aromatic N) is 3. The minimum Gasteiger partial charge on any atom is -0.494 e. The molecule has 0 spiro atoms. The fourth-order valence-electron chi connectivity index (χ4n) is 1.27. The number of ether oxygens (including phenoxy) is 1. The quantitative estimate of drug-likeness (QED) is 0.251. The second-order valence-corrected chi connectivity index (χ2v) is 3.62. The van der Waals surface area contributed by atoms with Crippen LogP contribution < -0.4 is 4.74 Å². The van der Waals surface area contributed by atoms with Gasteiger partial charge in [-0.05, 0) is 29.6 Å². The van der Waals surface area contributed by atoms with Crippen LogP contribution in [-0.4, -0.2) is 25.8 Å². The summed E-state index contributed by atoms with van der Waals surface area (Å²) in [4.78, 5) is 13.5. The van der Waals surface area contributed by atoms with E-state index in [1.165, 1.54) is 12.1 Å². The van der Waals surface area contributed by atoms with E-state index in [9.17, 15) is 17.7 Å². The van der Waals surface area contributed by atoms with Crippen molar-refractivity contribution in [3.05, 3.63) is 40.3 Å². The molecular formula is C10H10BF3N3O2-. The Hall–Kier alpha value is -2.15. The third-order valence-corrected chi connectivity index (χ3v) is 2.17. The van der Waals surface area contributed by atoms with Gasteiger partial charge in [0.25, 0.3) is 0 Å². The number of carbonyl (C=O) groups excluding carboxylic acids is 1. The van der Waals surface area contributed by atoms with Crippen LogP contribution in [0.15, 0.2) is 29.4 Å². The van der Waals surface area contributed by atoms with Gasteiger partial charge in [-0.2, -0.15) is 0 Å². The van der Waals surface area contributed by atoms with Crippen LogP contribution in [0, 0.1) is 0 Å². The van der Waals surface area contributed by atoms with E-state index in [0.717, 1.165) is 12.1 Å². The summed E-state index contributed by atoms with van der Waals surface area (Å²) in [5, 5.41) is 3.30. The van der Waals surface area contributed by atoms with E-state index in [1.807, 2.05) is 0 Å². The van der Waals surface area contributed by atoms with Gasteiger partial charge in [0, 0.05) is 11.5 Å². The standard InChI is InChI=1S/C10H10BF3N3O2/c12-11(13,14)10(18)8-2-4-9(5-3-8)19-7-1-6-16-17-15/h2-5H,1,6-7H2/q-1. The topological polar surface area (TPSA) is 75.1 Å². The van der Waals surface area contributed by atoms with Crippen molar-refractivity contribution in [2.45, 2.75) is 6.42 Å². The molecule has 0 saturated heterocycles. The smallest absolute Gasteiger partial charge is 0.494 e. The highest BCUT2D eigenvalue weighted by molar-refractivity contribution is 6.93. The number of rotatable bonds is 7. The fraction of sp³-hybridized carbons (Fsp3) is 0.300. The molecule has 0 aliphatic heterocycles. The Kier molecular flexibility index (Phi) is 5.26. The van der Waals surface area contributed by atoms with Crippen LogP contribution in [0.4, 0.5) is 12.9 Å². The predicted molar refractivity (Wildman–Crippen MR) is 64.0 cm³/mol. The number of halogens is 3. The molecule has 0 N–H and O–H groups in total. The summed E-state index contributed by atoms with van der Waals surface area (Å²) >= 11 is 0. The molecule has 0 saturated carbocycles. The first-order valence-corrected chi connectivity index (χ1v) is 5.43. The van der Waals surface area contributed by atoms with Gasteiger partial charge in [-0.3, -0.25) is 0 Å². The van der Waals surface area contributed by atoms with E-state index in [0.29, 0.717) is 12.2 Å². The van der Waals surface area contributed by atoms with Gasteiger partial charge in [0.15, 0.2) is 0 Å². The number of hydrogen-bond acceptors (Lipinski definition) is 3. The van der Waals surface area contributed by atoms with Crippen molar-refractivity contribution in [3.63, 3.8) is 0 Å². The molecule has 102 valence electrons. The second-order valence-electron chi connectivity index (χ2n) is 3.62. The van der Waals surface area contributed by atoms with Crippen LogP contribution in [0.2, 0.25) is 0 Å². The van der Waals surface area contributed by atoms with E-state index >= 15 is 0 Å². The van der Waals surface area contributed by atoms with Crippen LogP contribution in [0.3, 0.4) is 0 Å². The molecule has 0 bridgehead atoms. The molecule has 0 heterocycles. The zero-order valence-electron chi connectivity index (χ0n) is 9.80. The monoisotopic (exact) mass is 272 g/mol. The molecule has 19 heavy (non-hydrogen) atoms. The highest BCUT2D eigenvalue weighted by Gasteiger charge is 2.33. The molecule has 1 aromatic carbocycles. The molecule has 9 heteroatoms. The lowest BCUT2D eigenvalue weighted by Gasteiger charge is -2.13. The molecule has 0 fully saturated rings. The lowest BCUT2D eigenvalue weighted by molar-refractivity contribution is 0.102. The Morgan fingerprint density at radius 3 is 2.47 bits per heavy atom. The molecule has 0 amide bonds. The van der Waals surface area contributed by atoms with Crippen molar-refractivity contribution in [2.24, 2.45) is 5.11 Å². The molecule has 0 radical (unpaired) electrons. The largest absolute Gasteiger partial charge is 0.549 e. The molecule has 0 aromatic heterocycles. The highest BCUT2D eigenvalue weighted by atomic mass is 19.4. The Morgan fingerprint density at radius 2 is 1.95 bits per heavy atom. The molecule has 0 unspecified atom stereocenters. The number of hydrogen-bond donors (Lipinski definition) is 0. The second kappa shape index (κ2) is 6.70. The van der Waals surface area contributed by atoms with Crippen LogP contribution in [0.25, 0.3) is 10.4 Å². The van der Waals surface area contributed by atoms with Gasteiger partial charge >= 0.3 is 6.98 Å². The molecule has 1 aromatic rings. The summed E-state index contributed by atoms with van der Waals surface area (Å²) in [5.41, 5.74) is 5.79. The Balaban J connectivity index is 2.52. The normalized spacial score (nSPS) is 10.7. The van der Waals surface area contributed by atoms with Crippen molar-refractivity contribution in [3.8, 4) is 5.75 Å². The fourth-order valence-corrected chi connectivity index (χ4v) is 1.27. The van der Waals surface area contributed by atoms with E-state index in [-0.39, 0.29) is 13.2 Å². The predicted octanol–water partition coefficient (Wildman–Crippen LogP) is 3.34. The van der Waals surface area contributed by atoms with Crippen molar-refractivity contribution < 1.29 is 22.5 Å². The molecule has 0 atom stereocenters. The van der Waals surface area contributed by atoms with Crippen molar-refractivity contribution >= 4 is 12.7 Å².